The summed E-state index contributed by atoms with van der Waals surface area (Å²) in [5.74, 6) is 0.0467. The van der Waals surface area contributed by atoms with Crippen LogP contribution in [0.1, 0.15) is 37.9 Å². The van der Waals surface area contributed by atoms with Crippen molar-refractivity contribution in [1.82, 2.24) is 4.90 Å². The smallest absolute Gasteiger partial charge is 0.295 e. The molecule has 34 heavy (non-hydrogen) atoms. The zero-order chi connectivity index (χ0) is 24.2. The summed E-state index contributed by atoms with van der Waals surface area (Å²) in [6, 6.07) is 11.4. The maximum absolute atomic E-state index is 13.1. The Morgan fingerprint density at radius 1 is 1.09 bits per heavy atom. The summed E-state index contributed by atoms with van der Waals surface area (Å²) >= 11 is 0. The molecule has 0 bridgehead atoms. The molecule has 1 atom stereocenters. The number of carbonyl (C=O) groups excluding carboxylic acids is 2. The first-order chi connectivity index (χ1) is 16.4. The van der Waals surface area contributed by atoms with Gasteiger partial charge in [0.2, 0.25) is 0 Å². The van der Waals surface area contributed by atoms with Gasteiger partial charge in [0.05, 0.1) is 30.9 Å². The summed E-state index contributed by atoms with van der Waals surface area (Å²) in [4.78, 5) is 27.6. The second-order valence-electron chi connectivity index (χ2n) is 8.27. The molecule has 2 aromatic carbocycles. The lowest BCUT2D eigenvalue weighted by Crippen LogP contribution is -2.33. The second kappa shape index (κ2) is 10.2. The summed E-state index contributed by atoms with van der Waals surface area (Å²) in [5.41, 5.74) is 1.08. The van der Waals surface area contributed by atoms with Gasteiger partial charge in [-0.3, -0.25) is 9.59 Å². The Morgan fingerprint density at radius 2 is 1.79 bits per heavy atom. The van der Waals surface area contributed by atoms with Crippen molar-refractivity contribution in [2.45, 2.75) is 32.9 Å². The van der Waals surface area contributed by atoms with E-state index in [1.165, 1.54) is 4.90 Å². The molecular formula is C26H29NO7. The highest BCUT2D eigenvalue weighted by Crippen LogP contribution is 2.41. The number of rotatable bonds is 8. The number of hydrogen-bond acceptors (Lipinski definition) is 7. The molecule has 1 N–H and O–H groups in total. The number of ether oxygens (including phenoxy) is 4. The normalized spacial score (nSPS) is 19.1. The molecule has 8 nitrogen and oxygen atoms in total. The van der Waals surface area contributed by atoms with Crippen molar-refractivity contribution in [1.29, 1.82) is 0 Å². The minimum Gasteiger partial charge on any atom is -0.507 e. The predicted octanol–water partition coefficient (Wildman–Crippen LogP) is 3.70. The van der Waals surface area contributed by atoms with Crippen molar-refractivity contribution in [3.8, 4) is 17.2 Å². The van der Waals surface area contributed by atoms with E-state index in [2.05, 4.69) is 0 Å². The van der Waals surface area contributed by atoms with Crippen LogP contribution in [0.3, 0.4) is 0 Å². The Kier molecular flexibility index (Phi) is 7.07. The molecule has 2 aliphatic heterocycles. The van der Waals surface area contributed by atoms with E-state index in [0.29, 0.717) is 48.2 Å². The third-order valence-electron chi connectivity index (χ3n) is 5.65. The number of carbonyl (C=O) groups is 2. The first kappa shape index (κ1) is 23.6. The predicted molar refractivity (Wildman–Crippen MR) is 125 cm³/mol. The van der Waals surface area contributed by atoms with Crippen molar-refractivity contribution < 1.29 is 33.6 Å². The Balaban J connectivity index is 1.76. The van der Waals surface area contributed by atoms with E-state index in [-0.39, 0.29) is 30.6 Å². The fourth-order valence-corrected chi connectivity index (χ4v) is 4.10. The number of amides is 1. The van der Waals surface area contributed by atoms with Gasteiger partial charge in [0.15, 0.2) is 11.5 Å². The number of likely N-dealkylation sites (tertiary alicyclic amines) is 1. The molecule has 180 valence electrons. The monoisotopic (exact) mass is 467 g/mol. The molecular weight excluding hydrogens is 438 g/mol. The molecule has 2 aromatic rings. The molecule has 0 aromatic heterocycles. The van der Waals surface area contributed by atoms with Crippen molar-refractivity contribution in [3.05, 3.63) is 59.2 Å². The van der Waals surface area contributed by atoms with Crippen LogP contribution in [0.4, 0.5) is 0 Å². The van der Waals surface area contributed by atoms with E-state index in [1.807, 2.05) is 20.8 Å². The van der Waals surface area contributed by atoms with Gasteiger partial charge in [-0.2, -0.15) is 0 Å². The van der Waals surface area contributed by atoms with E-state index < -0.39 is 17.7 Å². The van der Waals surface area contributed by atoms with Crippen molar-refractivity contribution in [2.24, 2.45) is 0 Å². The van der Waals surface area contributed by atoms with E-state index in [4.69, 9.17) is 18.9 Å². The Morgan fingerprint density at radius 3 is 2.47 bits per heavy atom. The Labute approximate surface area is 198 Å². The molecule has 0 radical (unpaired) electrons. The molecule has 8 heteroatoms. The van der Waals surface area contributed by atoms with Gasteiger partial charge in [-0.15, -0.1) is 0 Å². The average Bonchev–Trinajstić information content (AvgIpc) is 3.09. The Hall–Kier alpha value is -3.52. The van der Waals surface area contributed by atoms with Crippen molar-refractivity contribution >= 4 is 17.4 Å². The van der Waals surface area contributed by atoms with Gasteiger partial charge in [0, 0.05) is 12.1 Å². The fraction of sp³-hybridized carbons (Fsp3) is 0.385. The SMILES string of the molecule is CCOc1ccc(C2/C(=C(/O)c3ccc4c(c3)OCCO4)C(=O)C(=O)N2CCOC(C)C)cc1. The van der Waals surface area contributed by atoms with E-state index in [1.54, 1.807) is 42.5 Å². The molecule has 4 rings (SSSR count). The molecule has 2 heterocycles. The van der Waals surface area contributed by atoms with Crippen LogP contribution in [0, 0.1) is 0 Å². The summed E-state index contributed by atoms with van der Waals surface area (Å²) in [6.45, 7) is 7.53. The van der Waals surface area contributed by atoms with E-state index in [0.717, 1.165) is 0 Å². The zero-order valence-corrected chi connectivity index (χ0v) is 19.6. The zero-order valence-electron chi connectivity index (χ0n) is 19.6. The van der Waals surface area contributed by atoms with Crippen LogP contribution in [0.5, 0.6) is 17.2 Å². The van der Waals surface area contributed by atoms with Crippen LogP contribution in [0.15, 0.2) is 48.0 Å². The van der Waals surface area contributed by atoms with Crippen LogP contribution in [-0.4, -0.2) is 60.8 Å². The lowest BCUT2D eigenvalue weighted by Gasteiger charge is -2.26. The molecule has 1 fully saturated rings. The van der Waals surface area contributed by atoms with E-state index in [9.17, 15) is 14.7 Å². The first-order valence-corrected chi connectivity index (χ1v) is 11.4. The van der Waals surface area contributed by atoms with Crippen LogP contribution in [0.2, 0.25) is 0 Å². The van der Waals surface area contributed by atoms with Crippen LogP contribution < -0.4 is 14.2 Å². The molecule has 1 amide bonds. The van der Waals surface area contributed by atoms with Crippen molar-refractivity contribution in [3.63, 3.8) is 0 Å². The standard InChI is InChI=1S/C26H29NO7/c1-4-31-19-8-5-17(6-9-19)23-22(25(29)26(30)27(23)11-12-32-16(2)3)24(28)18-7-10-20-21(15-18)34-14-13-33-20/h5-10,15-16,23,28H,4,11-14H2,1-3H3/b24-22-. The van der Waals surface area contributed by atoms with Crippen LogP contribution >= 0.6 is 0 Å². The third-order valence-corrected chi connectivity index (χ3v) is 5.65. The van der Waals surface area contributed by atoms with Gasteiger partial charge in [-0.25, -0.2) is 0 Å². The summed E-state index contributed by atoms with van der Waals surface area (Å²) < 4.78 is 22.3. The fourth-order valence-electron chi connectivity index (χ4n) is 4.10. The second-order valence-corrected chi connectivity index (χ2v) is 8.27. The number of hydrogen-bond donors (Lipinski definition) is 1. The number of ketones is 1. The lowest BCUT2D eigenvalue weighted by atomic mass is 9.95. The van der Waals surface area contributed by atoms with Crippen molar-refractivity contribution in [2.75, 3.05) is 33.0 Å². The highest BCUT2D eigenvalue weighted by Gasteiger charge is 2.46. The van der Waals surface area contributed by atoms with Gasteiger partial charge in [0.1, 0.15) is 24.7 Å². The van der Waals surface area contributed by atoms with Gasteiger partial charge in [-0.1, -0.05) is 12.1 Å². The van der Waals surface area contributed by atoms with Gasteiger partial charge < -0.3 is 29.0 Å². The largest absolute Gasteiger partial charge is 0.507 e. The van der Waals surface area contributed by atoms with Crippen LogP contribution in [-0.2, 0) is 14.3 Å². The summed E-state index contributed by atoms with van der Waals surface area (Å²) in [7, 11) is 0. The average molecular weight is 468 g/mol. The summed E-state index contributed by atoms with van der Waals surface area (Å²) in [6.07, 6.45) is -0.0153. The highest BCUT2D eigenvalue weighted by atomic mass is 16.6. The lowest BCUT2D eigenvalue weighted by molar-refractivity contribution is -0.140. The van der Waals surface area contributed by atoms with Gasteiger partial charge in [0.25, 0.3) is 11.7 Å². The minimum atomic E-state index is -0.764. The first-order valence-electron chi connectivity index (χ1n) is 11.4. The number of aliphatic hydroxyl groups is 1. The number of nitrogens with zero attached hydrogens (tertiary/aromatic N) is 1. The molecule has 0 spiro atoms. The maximum Gasteiger partial charge on any atom is 0.295 e. The Bertz CT molecular complexity index is 1090. The van der Waals surface area contributed by atoms with Gasteiger partial charge in [-0.05, 0) is 56.7 Å². The quantitative estimate of drug-likeness (QED) is 0.359. The maximum atomic E-state index is 13.1. The van der Waals surface area contributed by atoms with Crippen LogP contribution in [0.25, 0.3) is 5.76 Å². The number of aliphatic hydroxyl groups excluding tert-OH is 1. The molecule has 0 saturated carbocycles. The van der Waals surface area contributed by atoms with E-state index >= 15 is 0 Å². The molecule has 2 aliphatic rings. The third kappa shape index (κ3) is 4.72. The van der Waals surface area contributed by atoms with Gasteiger partial charge >= 0.3 is 0 Å². The molecule has 0 aliphatic carbocycles. The number of benzene rings is 2. The number of fused-ring (bicyclic) bond motifs is 1. The number of Topliss-reactive ketones (excluding diaryl/α,β-unsaturated/α-hetero) is 1. The minimum absolute atomic E-state index is 0.0153. The molecule has 1 unspecified atom stereocenters. The highest BCUT2D eigenvalue weighted by molar-refractivity contribution is 6.46. The molecule has 1 saturated heterocycles. The topological polar surface area (TPSA) is 94.5 Å². The summed E-state index contributed by atoms with van der Waals surface area (Å²) in [5, 5.41) is 11.2.